The summed E-state index contributed by atoms with van der Waals surface area (Å²) in [4.78, 5) is 21.7. The maximum Gasteiger partial charge on any atom is 0.255 e. The summed E-state index contributed by atoms with van der Waals surface area (Å²) in [6.45, 7) is 2.67. The molecule has 0 spiro atoms. The number of anilines is 1. The molecule has 1 aromatic carbocycles. The molecule has 5 nitrogen and oxygen atoms in total. The van der Waals surface area contributed by atoms with Gasteiger partial charge in [-0.15, -0.1) is 11.3 Å². The molecule has 0 saturated carbocycles. The largest absolute Gasteiger partial charge is 0.467 e. The zero-order valence-corrected chi connectivity index (χ0v) is 19.1. The number of rotatable bonds is 6. The van der Waals surface area contributed by atoms with Crippen molar-refractivity contribution in [3.8, 4) is 0 Å². The van der Waals surface area contributed by atoms with Gasteiger partial charge in [-0.05, 0) is 80.3 Å². The lowest BCUT2D eigenvalue weighted by Crippen LogP contribution is -2.29. The van der Waals surface area contributed by atoms with Crippen LogP contribution in [0.5, 0.6) is 0 Å². The van der Waals surface area contributed by atoms with Gasteiger partial charge in [-0.3, -0.25) is 4.79 Å². The van der Waals surface area contributed by atoms with Crippen LogP contribution in [0.2, 0.25) is 0 Å². The van der Waals surface area contributed by atoms with Crippen LogP contribution in [0, 0.1) is 0 Å². The van der Waals surface area contributed by atoms with Gasteiger partial charge < -0.3 is 14.6 Å². The minimum absolute atomic E-state index is 0.0617. The summed E-state index contributed by atoms with van der Waals surface area (Å²) >= 11 is 1.67. The molecule has 3 aromatic rings. The molecule has 166 valence electrons. The second-order valence-corrected chi connectivity index (χ2v) is 9.63. The monoisotopic (exact) mass is 447 g/mol. The number of aryl methyl sites for hydroxylation is 1. The van der Waals surface area contributed by atoms with Gasteiger partial charge in [0.25, 0.3) is 5.91 Å². The zero-order valence-electron chi connectivity index (χ0n) is 18.3. The Morgan fingerprint density at radius 3 is 2.66 bits per heavy atom. The Bertz CT molecular complexity index is 1080. The summed E-state index contributed by atoms with van der Waals surface area (Å²) in [5.74, 6) is 0.690. The van der Waals surface area contributed by atoms with Crippen molar-refractivity contribution in [2.45, 2.75) is 51.5 Å². The summed E-state index contributed by atoms with van der Waals surface area (Å²) < 4.78 is 5.36. The first-order valence-corrected chi connectivity index (χ1v) is 12.4. The standard InChI is InChI=1S/C26H29N3O2S/c30-25(27-18-21-7-6-16-31-21)24-22-8-2-3-9-23(22)32-26(24)28-17-19-10-12-20(13-11-19)29-14-4-1-5-15-29/h6-7,10-13,16-17H,1-5,8-9,14-15,18H2,(H,27,30). The van der Waals surface area contributed by atoms with Crippen LogP contribution in [0.4, 0.5) is 10.7 Å². The fraction of sp³-hybridized carbons (Fsp3) is 0.385. The van der Waals surface area contributed by atoms with E-state index >= 15 is 0 Å². The van der Waals surface area contributed by atoms with Crippen LogP contribution in [-0.2, 0) is 19.4 Å². The molecule has 1 saturated heterocycles. The van der Waals surface area contributed by atoms with Gasteiger partial charge in [0.1, 0.15) is 10.8 Å². The lowest BCUT2D eigenvalue weighted by Gasteiger charge is -2.28. The van der Waals surface area contributed by atoms with Crippen molar-refractivity contribution >= 4 is 34.1 Å². The second kappa shape index (κ2) is 9.74. The predicted molar refractivity (Wildman–Crippen MR) is 131 cm³/mol. The van der Waals surface area contributed by atoms with Crippen molar-refractivity contribution in [3.05, 3.63) is 70.0 Å². The number of carbonyl (C=O) groups excluding carboxylic acids is 1. The highest BCUT2D eigenvalue weighted by Crippen LogP contribution is 2.40. The number of thiophene rings is 1. The number of nitrogens with zero attached hydrogens (tertiary/aromatic N) is 2. The second-order valence-electron chi connectivity index (χ2n) is 8.55. The van der Waals surface area contributed by atoms with E-state index in [0.717, 1.165) is 54.2 Å². The molecule has 5 rings (SSSR count). The maximum absolute atomic E-state index is 13.1. The molecule has 32 heavy (non-hydrogen) atoms. The number of hydrogen-bond donors (Lipinski definition) is 1. The van der Waals surface area contributed by atoms with E-state index in [1.54, 1.807) is 17.6 Å². The number of furan rings is 1. The first kappa shape index (κ1) is 21.0. The van der Waals surface area contributed by atoms with E-state index in [0.29, 0.717) is 6.54 Å². The van der Waals surface area contributed by atoms with Crippen molar-refractivity contribution < 1.29 is 9.21 Å². The maximum atomic E-state index is 13.1. The third kappa shape index (κ3) is 4.65. The first-order valence-electron chi connectivity index (χ1n) is 11.6. The predicted octanol–water partition coefficient (Wildman–Crippen LogP) is 5.89. The average Bonchev–Trinajstić information content (AvgIpc) is 3.50. The van der Waals surface area contributed by atoms with Crippen molar-refractivity contribution in [1.82, 2.24) is 5.32 Å². The number of fused-ring (bicyclic) bond motifs is 1. The molecule has 0 bridgehead atoms. The van der Waals surface area contributed by atoms with Gasteiger partial charge in [0.2, 0.25) is 0 Å². The molecular formula is C26H29N3O2S. The molecule has 1 aliphatic carbocycles. The van der Waals surface area contributed by atoms with Crippen LogP contribution in [0.25, 0.3) is 0 Å². The number of piperidine rings is 1. The summed E-state index contributed by atoms with van der Waals surface area (Å²) in [5.41, 5.74) is 4.27. The number of hydrogen-bond acceptors (Lipinski definition) is 5. The highest BCUT2D eigenvalue weighted by Gasteiger charge is 2.25. The Kier molecular flexibility index (Phi) is 6.39. The Hall–Kier alpha value is -2.86. The van der Waals surface area contributed by atoms with E-state index in [2.05, 4.69) is 34.5 Å². The molecular weight excluding hydrogens is 418 g/mol. The van der Waals surface area contributed by atoms with Crippen molar-refractivity contribution in [3.63, 3.8) is 0 Å². The topological polar surface area (TPSA) is 57.8 Å². The van der Waals surface area contributed by atoms with E-state index < -0.39 is 0 Å². The summed E-state index contributed by atoms with van der Waals surface area (Å²) in [7, 11) is 0. The lowest BCUT2D eigenvalue weighted by molar-refractivity contribution is 0.0948. The minimum Gasteiger partial charge on any atom is -0.467 e. The highest BCUT2D eigenvalue weighted by atomic mass is 32.1. The van der Waals surface area contributed by atoms with E-state index in [1.165, 1.54) is 41.8 Å². The van der Waals surface area contributed by atoms with E-state index in [4.69, 9.17) is 9.41 Å². The van der Waals surface area contributed by atoms with Crippen LogP contribution in [0.1, 0.15) is 64.2 Å². The summed E-state index contributed by atoms with van der Waals surface area (Å²) in [5, 5.41) is 3.83. The Morgan fingerprint density at radius 2 is 1.88 bits per heavy atom. The Morgan fingerprint density at radius 1 is 1.06 bits per heavy atom. The van der Waals surface area contributed by atoms with Crippen LogP contribution >= 0.6 is 11.3 Å². The normalized spacial score (nSPS) is 16.3. The Labute approximate surface area is 193 Å². The molecule has 0 atom stereocenters. The van der Waals surface area contributed by atoms with Gasteiger partial charge in [-0.1, -0.05) is 12.1 Å². The molecule has 1 amide bonds. The van der Waals surface area contributed by atoms with E-state index in [9.17, 15) is 4.79 Å². The van der Waals surface area contributed by atoms with Crippen LogP contribution in [0.15, 0.2) is 52.1 Å². The molecule has 6 heteroatoms. The van der Waals surface area contributed by atoms with Gasteiger partial charge >= 0.3 is 0 Å². The number of amides is 1. The minimum atomic E-state index is -0.0617. The fourth-order valence-electron chi connectivity index (χ4n) is 4.60. The van der Waals surface area contributed by atoms with Gasteiger partial charge in [-0.2, -0.15) is 0 Å². The van der Waals surface area contributed by atoms with Crippen LogP contribution in [-0.4, -0.2) is 25.2 Å². The van der Waals surface area contributed by atoms with Crippen molar-refractivity contribution in [2.24, 2.45) is 4.99 Å². The van der Waals surface area contributed by atoms with Gasteiger partial charge in [0, 0.05) is 29.9 Å². The molecule has 2 aromatic heterocycles. The first-order chi connectivity index (χ1) is 15.8. The van der Waals surface area contributed by atoms with Gasteiger partial charge in [0.05, 0.1) is 18.4 Å². The van der Waals surface area contributed by atoms with Crippen LogP contribution < -0.4 is 10.2 Å². The van der Waals surface area contributed by atoms with E-state index in [1.807, 2.05) is 18.3 Å². The molecule has 1 aliphatic heterocycles. The molecule has 0 unspecified atom stereocenters. The molecule has 0 radical (unpaired) electrons. The molecule has 1 N–H and O–H groups in total. The van der Waals surface area contributed by atoms with E-state index in [-0.39, 0.29) is 5.91 Å². The third-order valence-corrected chi connectivity index (χ3v) is 7.53. The smallest absolute Gasteiger partial charge is 0.255 e. The summed E-state index contributed by atoms with van der Waals surface area (Å²) in [6, 6.07) is 12.3. The lowest BCUT2D eigenvalue weighted by atomic mass is 9.95. The number of aliphatic imine (C=N–C) groups is 1. The SMILES string of the molecule is O=C(NCc1ccco1)c1c(N=Cc2ccc(N3CCCCC3)cc2)sc2c1CCCC2. The van der Waals surface area contributed by atoms with Crippen molar-refractivity contribution in [1.29, 1.82) is 0 Å². The quantitative estimate of drug-likeness (QED) is 0.479. The Balaban J connectivity index is 1.35. The van der Waals surface area contributed by atoms with Gasteiger partial charge in [-0.25, -0.2) is 4.99 Å². The number of nitrogens with one attached hydrogen (secondary N) is 1. The van der Waals surface area contributed by atoms with Crippen molar-refractivity contribution in [2.75, 3.05) is 18.0 Å². The zero-order chi connectivity index (χ0) is 21.8. The number of benzene rings is 1. The van der Waals surface area contributed by atoms with Crippen LogP contribution in [0.3, 0.4) is 0 Å². The van der Waals surface area contributed by atoms with Gasteiger partial charge in [0.15, 0.2) is 0 Å². The molecule has 1 fully saturated rings. The highest BCUT2D eigenvalue weighted by molar-refractivity contribution is 7.16. The molecule has 3 heterocycles. The molecule has 2 aliphatic rings. The third-order valence-electron chi connectivity index (χ3n) is 6.33. The summed E-state index contributed by atoms with van der Waals surface area (Å²) in [6.07, 6.45) is 11.7. The fourth-order valence-corrected chi connectivity index (χ4v) is 5.83. The number of carbonyl (C=O) groups is 1. The average molecular weight is 448 g/mol.